The average Bonchev–Trinajstić information content (AvgIpc) is 2.02. The molecule has 82 heavy (non-hydrogen) atoms. The highest BCUT2D eigenvalue weighted by atomic mass is 32.2. The summed E-state index contributed by atoms with van der Waals surface area (Å²) >= 11 is 0. The Balaban J connectivity index is 0.0000108. The molecule has 25 heteroatoms. The lowest BCUT2D eigenvalue weighted by molar-refractivity contribution is -0.255. The molecule has 0 aromatic heterocycles. The van der Waals surface area contributed by atoms with Crippen molar-refractivity contribution in [3.63, 3.8) is 0 Å². The molecule has 2 atom stereocenters. The van der Waals surface area contributed by atoms with Gasteiger partial charge in [-0.25, -0.2) is 26.4 Å². The van der Waals surface area contributed by atoms with Gasteiger partial charge in [-0.05, 0) is 84.7 Å². The summed E-state index contributed by atoms with van der Waals surface area (Å²) in [6.07, 6.45) is 1.39. The first-order valence-electron chi connectivity index (χ1n) is 27.1. The van der Waals surface area contributed by atoms with Gasteiger partial charge in [-0.3, -0.25) is 14.6 Å². The third-order valence-corrected chi connectivity index (χ3v) is 16.3. The van der Waals surface area contributed by atoms with Gasteiger partial charge < -0.3 is 61.9 Å². The summed E-state index contributed by atoms with van der Waals surface area (Å²) < 4.78 is 124. The van der Waals surface area contributed by atoms with Crippen molar-refractivity contribution in [3.05, 3.63) is 80.4 Å². The quantitative estimate of drug-likeness (QED) is 0.0406. The number of fused-ring (bicyclic) bond motifs is 4. The monoisotopic (exact) mass is 1190 g/mol. The van der Waals surface area contributed by atoms with Crippen LogP contribution < -0.4 is 25.1 Å². The highest BCUT2D eigenvalue weighted by Gasteiger charge is 2.41. The molecule has 3 aromatic rings. The molecule has 1 N–H and O–H groups in total. The van der Waals surface area contributed by atoms with Crippen molar-refractivity contribution in [2.45, 2.75) is 115 Å². The minimum Gasteiger partial charge on any atom is -0.744 e. The number of hydroxylamine groups is 2. The molecule has 3 heterocycles. The lowest BCUT2D eigenvalue weighted by Gasteiger charge is -2.39. The Morgan fingerprint density at radius 3 is 1.71 bits per heavy atom. The first kappa shape index (κ1) is 65.9. The summed E-state index contributed by atoms with van der Waals surface area (Å²) in [7, 11) is -9.90. The molecule has 1 fully saturated rings. The number of hydrogen-bond donors (Lipinski definition) is 1. The van der Waals surface area contributed by atoms with E-state index in [2.05, 4.69) is 4.72 Å². The third-order valence-electron chi connectivity index (χ3n) is 13.9. The van der Waals surface area contributed by atoms with Crippen LogP contribution in [0.3, 0.4) is 0 Å². The van der Waals surface area contributed by atoms with Crippen LogP contribution in [0.15, 0.2) is 51.2 Å². The van der Waals surface area contributed by atoms with Gasteiger partial charge in [0.05, 0.1) is 129 Å². The zero-order valence-corrected chi connectivity index (χ0v) is 48.4. The first-order valence-corrected chi connectivity index (χ1v) is 30.0. The van der Waals surface area contributed by atoms with Crippen LogP contribution in [-0.4, -0.2) is 168 Å². The van der Waals surface area contributed by atoms with Crippen molar-refractivity contribution >= 4 is 49.5 Å². The average molecular weight is 1190 g/mol. The molecule has 1 aliphatic carbocycles. The van der Waals surface area contributed by atoms with Gasteiger partial charge in [0.2, 0.25) is 10.0 Å². The van der Waals surface area contributed by atoms with Gasteiger partial charge in [0.25, 0.3) is 11.8 Å². The summed E-state index contributed by atoms with van der Waals surface area (Å²) in [5, 5.41) is 13.6. The fourth-order valence-electron chi connectivity index (χ4n) is 10.6. The van der Waals surface area contributed by atoms with Gasteiger partial charge in [-0.15, -0.1) is 5.06 Å². The van der Waals surface area contributed by atoms with Crippen molar-refractivity contribution in [3.8, 4) is 11.5 Å². The number of carboxylic acids is 1. The molecule has 0 spiro atoms. The standard InChI is InChI=1S/C56H75N3O20S2.CH4/c1-36-33-55(3,4)35-44-40(36)31-42-48(38-9-7-8-10-39(38)54(63)64)43-32-41-37(2)34-56(5,6)58-49(41)53(51(43)78-50(42)52(44)81(67,68)69)80(65,66)57-14-16-71-18-20-73-22-24-75-26-28-77-30-29-76-27-25-74-23-21-72-19-17-70-15-13-47(62)79-59-45(60)11-12-46(59)61;/h7-10,31-32,36-37,57H,11-30,33-35H2,1-6H3,(H,63,64)(H,67,68,69);1H4/p-2. The second-order valence-corrected chi connectivity index (χ2v) is 24.5. The SMILES string of the molecule is C.CC1CC(C)(C)Cc2c1cc1c(c2S(=O)(=O)[O-])Oc2c(S(=O)(=O)NCCOCCOCCOCCOCCOCCOCCOCCOCCC(=O)ON3C(=O)CCC3=O)c3c(cc2=C1c1ccccc1C(=O)[O-])C(C)CC(C)(C)N=3. The Hall–Kier alpha value is -5.29. The minimum atomic E-state index is -5.30. The van der Waals surface area contributed by atoms with E-state index in [4.69, 9.17) is 52.5 Å². The van der Waals surface area contributed by atoms with Crippen LogP contribution in [0, 0.1) is 5.41 Å². The predicted molar refractivity (Wildman–Crippen MR) is 292 cm³/mol. The number of carbonyl (C=O) groups is 4. The summed E-state index contributed by atoms with van der Waals surface area (Å²) in [6.45, 7) is 15.7. The number of imide groups is 1. The van der Waals surface area contributed by atoms with Crippen LogP contribution in [0.25, 0.3) is 5.57 Å². The Bertz CT molecular complexity index is 3110. The first-order chi connectivity index (χ1) is 38.5. The smallest absolute Gasteiger partial charge is 0.335 e. The second kappa shape index (κ2) is 29.5. The fourth-order valence-corrected chi connectivity index (χ4v) is 12.8. The Morgan fingerprint density at radius 1 is 0.683 bits per heavy atom. The molecule has 23 nitrogen and oxygen atoms in total. The van der Waals surface area contributed by atoms with Gasteiger partial charge in [0, 0.05) is 41.3 Å². The molecule has 0 radical (unpaired) electrons. The number of rotatable bonds is 33. The molecule has 2 amide bonds. The van der Waals surface area contributed by atoms with E-state index in [9.17, 15) is 45.7 Å². The third kappa shape index (κ3) is 17.2. The van der Waals surface area contributed by atoms with E-state index in [1.807, 2.05) is 41.5 Å². The lowest BCUT2D eigenvalue weighted by atomic mass is 9.69. The van der Waals surface area contributed by atoms with Crippen molar-refractivity contribution in [2.24, 2.45) is 10.4 Å². The maximum absolute atomic E-state index is 14.9. The minimum absolute atomic E-state index is 0. The molecule has 3 aromatic carbocycles. The van der Waals surface area contributed by atoms with Gasteiger partial charge >= 0.3 is 5.97 Å². The summed E-state index contributed by atoms with van der Waals surface area (Å²) in [6, 6.07) is 9.52. The molecular weight excluding hydrogens is 1110 g/mol. The van der Waals surface area contributed by atoms with Crippen molar-refractivity contribution in [2.75, 3.05) is 112 Å². The van der Waals surface area contributed by atoms with Gasteiger partial charge in [-0.2, -0.15) is 0 Å². The highest BCUT2D eigenvalue weighted by molar-refractivity contribution is 7.89. The number of aromatic carboxylic acids is 1. The van der Waals surface area contributed by atoms with Crippen LogP contribution >= 0.6 is 0 Å². The largest absolute Gasteiger partial charge is 0.744 e. The molecule has 1 saturated heterocycles. The number of carboxylic acid groups (broad SMARTS) is 1. The van der Waals surface area contributed by atoms with Crippen molar-refractivity contribution < 1.29 is 93.1 Å². The van der Waals surface area contributed by atoms with Crippen molar-refractivity contribution in [1.29, 1.82) is 0 Å². The number of carbonyl (C=O) groups excluding carboxylic acids is 4. The number of nitrogens with zero attached hydrogens (tertiary/aromatic N) is 2. The number of sulfonamides is 1. The second-order valence-electron chi connectivity index (χ2n) is 21.5. The van der Waals surface area contributed by atoms with E-state index in [-0.39, 0.29) is 153 Å². The van der Waals surface area contributed by atoms with Crippen molar-refractivity contribution in [1.82, 2.24) is 9.79 Å². The number of benzene rings is 3. The van der Waals surface area contributed by atoms with Gasteiger partial charge in [0.15, 0.2) is 16.4 Å². The molecule has 3 aliphatic heterocycles. The maximum Gasteiger partial charge on any atom is 0.335 e. The number of amides is 2. The van der Waals surface area contributed by atoms with Crippen LogP contribution in [0.4, 0.5) is 0 Å². The van der Waals surface area contributed by atoms with E-state index in [1.54, 1.807) is 18.2 Å². The topological polar surface area (TPSA) is 303 Å². The fraction of sp³-hybridized carbons (Fsp3) is 0.596. The predicted octanol–water partition coefficient (Wildman–Crippen LogP) is 3.33. The van der Waals surface area contributed by atoms with E-state index in [1.165, 1.54) is 18.2 Å². The molecule has 2 unspecified atom stereocenters. The van der Waals surface area contributed by atoms with Gasteiger partial charge in [-0.1, -0.05) is 59.4 Å². The highest BCUT2D eigenvalue weighted by Crippen LogP contribution is 2.51. The summed E-state index contributed by atoms with van der Waals surface area (Å²) in [4.78, 5) is 56.2. The zero-order chi connectivity index (χ0) is 58.5. The Kier molecular flexibility index (Phi) is 23.7. The molecule has 0 bridgehead atoms. The number of hydrogen-bond acceptors (Lipinski definition) is 21. The van der Waals surface area contributed by atoms with E-state index in [0.717, 1.165) is 0 Å². The van der Waals surface area contributed by atoms with Crippen LogP contribution in [0.1, 0.15) is 131 Å². The summed E-state index contributed by atoms with van der Waals surface area (Å²) in [5.74, 6) is -4.44. The van der Waals surface area contributed by atoms with Crippen LogP contribution in [0.5, 0.6) is 11.5 Å². The molecule has 0 saturated carbocycles. The van der Waals surface area contributed by atoms with Crippen LogP contribution in [0.2, 0.25) is 0 Å². The molecule has 454 valence electrons. The van der Waals surface area contributed by atoms with E-state index >= 15 is 0 Å². The normalized spacial score (nSPS) is 17.9. The Labute approximate surface area is 479 Å². The van der Waals surface area contributed by atoms with E-state index < -0.39 is 59.7 Å². The summed E-state index contributed by atoms with van der Waals surface area (Å²) in [5.41, 5.74) is 0.504. The number of nitrogens with one attached hydrogen (secondary N) is 1. The Morgan fingerprint density at radius 2 is 1.18 bits per heavy atom. The molecule has 7 rings (SSSR count). The lowest BCUT2D eigenvalue weighted by Crippen LogP contribution is -2.41. The zero-order valence-electron chi connectivity index (χ0n) is 46.8. The van der Waals surface area contributed by atoms with Crippen LogP contribution in [-0.2, 0) is 83.7 Å². The maximum atomic E-state index is 14.9. The number of ether oxygens (including phenoxy) is 9. The molecular formula is C57H77N3O20S2-2. The van der Waals surface area contributed by atoms with Gasteiger partial charge in [0.1, 0.15) is 15.0 Å². The van der Waals surface area contributed by atoms with E-state index in [0.29, 0.717) is 88.5 Å². The molecule has 4 aliphatic rings.